The molecule has 3 N–H and O–H groups in total. The average Bonchev–Trinajstić information content (AvgIpc) is 2.98. The van der Waals surface area contributed by atoms with Gasteiger partial charge in [0, 0.05) is 15.9 Å². The van der Waals surface area contributed by atoms with Gasteiger partial charge in [-0.25, -0.2) is 13.1 Å². The van der Waals surface area contributed by atoms with E-state index in [0.717, 1.165) is 10.4 Å². The molecule has 21 heavy (non-hydrogen) atoms. The van der Waals surface area contributed by atoms with Crippen molar-refractivity contribution in [2.24, 2.45) is 5.73 Å². The summed E-state index contributed by atoms with van der Waals surface area (Å²) in [5.74, 6) is 0. The molecule has 1 atom stereocenters. The van der Waals surface area contributed by atoms with Crippen LogP contribution < -0.4 is 10.5 Å². The molecular formula is C14H17BrN2O2S2. The predicted octanol–water partition coefficient (Wildman–Crippen LogP) is 3.40. The van der Waals surface area contributed by atoms with E-state index < -0.39 is 10.0 Å². The van der Waals surface area contributed by atoms with Crippen molar-refractivity contribution >= 4 is 37.3 Å². The molecule has 2 aromatic rings. The van der Waals surface area contributed by atoms with E-state index >= 15 is 0 Å². The molecule has 0 radical (unpaired) electrons. The van der Waals surface area contributed by atoms with Gasteiger partial charge in [-0.05, 0) is 51.5 Å². The quantitative estimate of drug-likeness (QED) is 0.796. The summed E-state index contributed by atoms with van der Waals surface area (Å²) in [4.78, 5) is 1.24. The molecule has 1 unspecified atom stereocenters. The molecule has 0 fully saturated rings. The Bertz CT molecular complexity index is 700. The number of benzene rings is 1. The van der Waals surface area contributed by atoms with Crippen LogP contribution in [0.1, 0.15) is 29.8 Å². The summed E-state index contributed by atoms with van der Waals surface area (Å²) >= 11 is 4.86. The molecule has 0 bridgehead atoms. The Labute approximate surface area is 137 Å². The number of hydrogen-bond acceptors (Lipinski definition) is 4. The molecule has 7 heteroatoms. The van der Waals surface area contributed by atoms with Gasteiger partial charge in [0.15, 0.2) is 0 Å². The second kappa shape index (κ2) is 7.02. The fourth-order valence-electron chi connectivity index (χ4n) is 1.97. The summed E-state index contributed by atoms with van der Waals surface area (Å²) in [5.41, 5.74) is 6.44. The van der Waals surface area contributed by atoms with Crippen molar-refractivity contribution in [2.45, 2.75) is 30.8 Å². The Morgan fingerprint density at radius 3 is 2.67 bits per heavy atom. The molecule has 2 rings (SSSR count). The number of nitrogens with one attached hydrogen (secondary N) is 1. The molecule has 114 valence electrons. The van der Waals surface area contributed by atoms with Crippen LogP contribution >= 0.6 is 27.3 Å². The average molecular weight is 389 g/mol. The highest BCUT2D eigenvalue weighted by Gasteiger charge is 2.23. The largest absolute Gasteiger partial charge is 0.326 e. The van der Waals surface area contributed by atoms with Crippen LogP contribution in [-0.4, -0.2) is 8.42 Å². The summed E-state index contributed by atoms with van der Waals surface area (Å²) in [6.07, 6.45) is 0.693. The lowest BCUT2D eigenvalue weighted by Gasteiger charge is -2.16. The Balaban J connectivity index is 2.29. The molecule has 1 aromatic carbocycles. The molecule has 0 aliphatic carbocycles. The minimum atomic E-state index is -3.58. The Kier molecular flexibility index (Phi) is 5.56. The van der Waals surface area contributed by atoms with Gasteiger partial charge in [0.1, 0.15) is 0 Å². The van der Waals surface area contributed by atoms with E-state index in [-0.39, 0.29) is 10.9 Å². The first-order valence-corrected chi connectivity index (χ1v) is 9.67. The highest BCUT2D eigenvalue weighted by molar-refractivity contribution is 9.10. The summed E-state index contributed by atoms with van der Waals surface area (Å²) in [6, 6.07) is 8.69. The highest BCUT2D eigenvalue weighted by Crippen LogP contribution is 2.27. The number of sulfonamides is 1. The van der Waals surface area contributed by atoms with E-state index in [0.29, 0.717) is 17.4 Å². The molecule has 0 aliphatic heterocycles. The van der Waals surface area contributed by atoms with Crippen molar-refractivity contribution in [1.82, 2.24) is 4.72 Å². The highest BCUT2D eigenvalue weighted by atomic mass is 79.9. The van der Waals surface area contributed by atoms with Gasteiger partial charge in [-0.1, -0.05) is 19.1 Å². The normalized spacial score (nSPS) is 13.3. The van der Waals surface area contributed by atoms with Crippen LogP contribution in [0.15, 0.2) is 45.1 Å². The monoisotopic (exact) mass is 388 g/mol. The molecule has 0 saturated carbocycles. The zero-order chi connectivity index (χ0) is 15.5. The van der Waals surface area contributed by atoms with Crippen molar-refractivity contribution in [3.8, 4) is 0 Å². The van der Waals surface area contributed by atoms with Gasteiger partial charge in [0.05, 0.1) is 10.9 Å². The van der Waals surface area contributed by atoms with E-state index in [1.54, 1.807) is 29.5 Å². The third-order valence-corrected chi connectivity index (χ3v) is 6.55. The molecule has 1 heterocycles. The summed E-state index contributed by atoms with van der Waals surface area (Å²) in [7, 11) is -3.58. The fraction of sp³-hybridized carbons (Fsp3) is 0.286. The third kappa shape index (κ3) is 3.92. The second-order valence-corrected chi connectivity index (χ2v) is 8.08. The first kappa shape index (κ1) is 16.6. The van der Waals surface area contributed by atoms with Gasteiger partial charge in [-0.15, -0.1) is 11.3 Å². The molecule has 0 saturated heterocycles. The third-order valence-electron chi connectivity index (χ3n) is 3.11. The topological polar surface area (TPSA) is 72.2 Å². The van der Waals surface area contributed by atoms with Crippen LogP contribution in [0.2, 0.25) is 0 Å². The zero-order valence-electron chi connectivity index (χ0n) is 11.5. The zero-order valence-corrected chi connectivity index (χ0v) is 14.8. The van der Waals surface area contributed by atoms with Crippen molar-refractivity contribution in [3.05, 3.63) is 50.6 Å². The van der Waals surface area contributed by atoms with Crippen LogP contribution in [0.25, 0.3) is 0 Å². The van der Waals surface area contributed by atoms with Crippen LogP contribution in [0.3, 0.4) is 0 Å². The van der Waals surface area contributed by atoms with Gasteiger partial charge in [-0.2, -0.15) is 0 Å². The molecule has 4 nitrogen and oxygen atoms in total. The first-order chi connectivity index (χ1) is 9.97. The SMILES string of the molecule is CCC(NS(=O)(=O)c1ccc(CN)cc1Br)c1cccs1. The second-order valence-electron chi connectivity index (χ2n) is 4.57. The molecule has 0 spiro atoms. The lowest BCUT2D eigenvalue weighted by Crippen LogP contribution is -2.28. The number of halogens is 1. The van der Waals surface area contributed by atoms with Crippen LogP contribution in [-0.2, 0) is 16.6 Å². The van der Waals surface area contributed by atoms with Gasteiger partial charge in [0.2, 0.25) is 10.0 Å². The maximum Gasteiger partial charge on any atom is 0.242 e. The summed E-state index contributed by atoms with van der Waals surface area (Å²) in [6.45, 7) is 2.33. The van der Waals surface area contributed by atoms with E-state index in [9.17, 15) is 8.42 Å². The Morgan fingerprint density at radius 2 is 2.14 bits per heavy atom. The minimum Gasteiger partial charge on any atom is -0.326 e. The lowest BCUT2D eigenvalue weighted by molar-refractivity contribution is 0.552. The number of nitrogens with two attached hydrogens (primary N) is 1. The maximum atomic E-state index is 12.5. The number of hydrogen-bond donors (Lipinski definition) is 2. The van der Waals surface area contributed by atoms with Crippen LogP contribution in [0.4, 0.5) is 0 Å². The standard InChI is InChI=1S/C14H17BrN2O2S2/c1-2-12(13-4-3-7-20-13)17-21(18,19)14-6-5-10(9-16)8-11(14)15/h3-8,12,17H,2,9,16H2,1H3. The first-order valence-electron chi connectivity index (χ1n) is 6.52. The van der Waals surface area contributed by atoms with Crippen molar-refractivity contribution in [2.75, 3.05) is 0 Å². The molecule has 0 amide bonds. The number of thiophene rings is 1. The van der Waals surface area contributed by atoms with Gasteiger partial charge >= 0.3 is 0 Å². The molecule has 0 aliphatic rings. The summed E-state index contributed by atoms with van der Waals surface area (Å²) in [5, 5.41) is 1.94. The number of rotatable bonds is 6. The molecule has 1 aromatic heterocycles. The van der Waals surface area contributed by atoms with E-state index in [1.165, 1.54) is 0 Å². The van der Waals surface area contributed by atoms with Crippen LogP contribution in [0.5, 0.6) is 0 Å². The minimum absolute atomic E-state index is 0.212. The fourth-order valence-corrected chi connectivity index (χ4v) is 5.33. The van der Waals surface area contributed by atoms with E-state index in [2.05, 4.69) is 20.7 Å². The predicted molar refractivity (Wildman–Crippen MR) is 89.7 cm³/mol. The Morgan fingerprint density at radius 1 is 1.38 bits per heavy atom. The van der Waals surface area contributed by atoms with Crippen LogP contribution in [0, 0.1) is 0 Å². The maximum absolute atomic E-state index is 12.5. The van der Waals surface area contributed by atoms with Gasteiger partial charge in [-0.3, -0.25) is 0 Å². The summed E-state index contributed by atoms with van der Waals surface area (Å²) < 4.78 is 28.4. The molecular weight excluding hydrogens is 372 g/mol. The lowest BCUT2D eigenvalue weighted by atomic mass is 10.2. The van der Waals surface area contributed by atoms with E-state index in [4.69, 9.17) is 5.73 Å². The van der Waals surface area contributed by atoms with Crippen molar-refractivity contribution in [1.29, 1.82) is 0 Å². The van der Waals surface area contributed by atoms with E-state index in [1.807, 2.05) is 24.4 Å². The van der Waals surface area contributed by atoms with Gasteiger partial charge in [0.25, 0.3) is 0 Å². The van der Waals surface area contributed by atoms with Gasteiger partial charge < -0.3 is 5.73 Å². The smallest absolute Gasteiger partial charge is 0.242 e. The van der Waals surface area contributed by atoms with Crippen molar-refractivity contribution in [3.63, 3.8) is 0 Å². The van der Waals surface area contributed by atoms with Crippen molar-refractivity contribution < 1.29 is 8.42 Å². The Hall–Kier alpha value is -0.730.